The Morgan fingerprint density at radius 1 is 1.12 bits per heavy atom. The number of carbonyl (C=O) groups excluding carboxylic acids is 4. The van der Waals surface area contributed by atoms with Crippen molar-refractivity contribution in [3.05, 3.63) is 85.5 Å². The smallest absolute Gasteiger partial charge is 0.313 e. The number of rotatable bonds is 18. The van der Waals surface area contributed by atoms with Gasteiger partial charge in [0, 0.05) is 38.9 Å². The summed E-state index contributed by atoms with van der Waals surface area (Å²) >= 11 is 0. The first-order valence-corrected chi connectivity index (χ1v) is 17.0. The molecule has 3 aliphatic heterocycles. The van der Waals surface area contributed by atoms with E-state index in [1.165, 1.54) is 12.0 Å². The van der Waals surface area contributed by atoms with Crippen LogP contribution >= 0.6 is 0 Å². The normalized spacial score (nSPS) is 24.6. The number of anilines is 1. The Hall–Kier alpha value is -4.52. The number of benzene rings is 2. The largest absolute Gasteiger partial charge is 0.497 e. The highest BCUT2D eigenvalue weighted by molar-refractivity contribution is 6.04. The SMILES string of the molecule is C=CCCC(=O)N[C@H](COC)[C@H](OC(=O)[C@@H]1[C@H]2C(=O)N(CCCO)[C@H](C(=O)N(CC=C)c3ccc(OC)cc3)[C@]23CC[C@H]1O3)c1ccccc1. The number of nitrogens with zero attached hydrogens (tertiary/aromatic N) is 2. The number of esters is 1. The van der Waals surface area contributed by atoms with Crippen LogP contribution < -0.4 is 15.0 Å². The molecule has 268 valence electrons. The van der Waals surface area contributed by atoms with E-state index >= 15 is 0 Å². The second-order valence-corrected chi connectivity index (χ2v) is 12.8. The Kier molecular flexibility index (Phi) is 12.1. The molecule has 2 N–H and O–H groups in total. The molecule has 0 aliphatic carbocycles. The third kappa shape index (κ3) is 7.19. The summed E-state index contributed by atoms with van der Waals surface area (Å²) < 4.78 is 23.6. The number of methoxy groups -OCH3 is 2. The summed E-state index contributed by atoms with van der Waals surface area (Å²) in [7, 11) is 3.05. The first kappa shape index (κ1) is 36.8. The van der Waals surface area contributed by atoms with Gasteiger partial charge in [0.25, 0.3) is 5.91 Å². The molecule has 3 aliphatic rings. The minimum Gasteiger partial charge on any atom is -0.497 e. The maximum absolute atomic E-state index is 14.6. The van der Waals surface area contributed by atoms with Crippen molar-refractivity contribution in [3.8, 4) is 5.75 Å². The van der Waals surface area contributed by atoms with E-state index in [1.807, 2.05) is 18.2 Å². The van der Waals surface area contributed by atoms with Crippen molar-refractivity contribution in [1.29, 1.82) is 0 Å². The maximum Gasteiger partial charge on any atom is 0.313 e. The first-order chi connectivity index (χ1) is 24.2. The Morgan fingerprint density at radius 2 is 1.86 bits per heavy atom. The molecule has 12 heteroatoms. The van der Waals surface area contributed by atoms with E-state index in [4.69, 9.17) is 18.9 Å². The zero-order valence-electron chi connectivity index (χ0n) is 28.7. The zero-order valence-corrected chi connectivity index (χ0v) is 28.7. The fourth-order valence-electron chi connectivity index (χ4n) is 7.67. The number of allylic oxidation sites excluding steroid dienone is 1. The topological polar surface area (TPSA) is 144 Å². The van der Waals surface area contributed by atoms with Gasteiger partial charge in [-0.2, -0.15) is 0 Å². The van der Waals surface area contributed by atoms with Gasteiger partial charge < -0.3 is 39.2 Å². The second kappa shape index (κ2) is 16.5. The van der Waals surface area contributed by atoms with Crippen molar-refractivity contribution in [2.75, 3.05) is 45.4 Å². The van der Waals surface area contributed by atoms with Crippen molar-refractivity contribution in [2.45, 2.75) is 62.0 Å². The van der Waals surface area contributed by atoms with Crippen molar-refractivity contribution < 1.29 is 43.2 Å². The van der Waals surface area contributed by atoms with Crippen LogP contribution in [0.4, 0.5) is 5.69 Å². The lowest BCUT2D eigenvalue weighted by Crippen LogP contribution is -2.56. The molecule has 2 bridgehead atoms. The molecule has 1 spiro atoms. The average molecular weight is 690 g/mol. The van der Waals surface area contributed by atoms with Crippen LogP contribution in [0.1, 0.15) is 43.8 Å². The quantitative estimate of drug-likeness (QED) is 0.178. The zero-order chi connectivity index (χ0) is 35.8. The molecule has 3 amide bonds. The second-order valence-electron chi connectivity index (χ2n) is 12.8. The Labute approximate surface area is 293 Å². The van der Waals surface area contributed by atoms with Crippen LogP contribution in [0.25, 0.3) is 0 Å². The monoisotopic (exact) mass is 689 g/mol. The number of amides is 3. The Morgan fingerprint density at radius 3 is 2.50 bits per heavy atom. The van der Waals surface area contributed by atoms with Gasteiger partial charge in [0.2, 0.25) is 11.8 Å². The lowest BCUT2D eigenvalue weighted by molar-refractivity contribution is -0.163. The van der Waals surface area contributed by atoms with Crippen molar-refractivity contribution >= 4 is 29.4 Å². The van der Waals surface area contributed by atoms with E-state index in [-0.39, 0.29) is 51.0 Å². The fraction of sp³-hybridized carbons (Fsp3) is 0.474. The third-order valence-corrected chi connectivity index (χ3v) is 9.83. The molecule has 7 atom stereocenters. The lowest BCUT2D eigenvalue weighted by Gasteiger charge is -2.36. The van der Waals surface area contributed by atoms with Gasteiger partial charge in [0.05, 0.1) is 37.7 Å². The summed E-state index contributed by atoms with van der Waals surface area (Å²) in [4.78, 5) is 59.3. The Bertz CT molecular complexity index is 1530. The molecule has 3 fully saturated rings. The highest BCUT2D eigenvalue weighted by atomic mass is 16.6. The predicted octanol–water partition coefficient (Wildman–Crippen LogP) is 3.35. The van der Waals surface area contributed by atoms with Crippen LogP contribution in [-0.4, -0.2) is 98.0 Å². The van der Waals surface area contributed by atoms with E-state index in [1.54, 1.807) is 60.6 Å². The van der Waals surface area contributed by atoms with Crippen molar-refractivity contribution in [2.24, 2.45) is 11.8 Å². The van der Waals surface area contributed by atoms with Gasteiger partial charge in [-0.25, -0.2) is 0 Å². The summed E-state index contributed by atoms with van der Waals surface area (Å²) in [5.41, 5.74) is -0.0593. The molecule has 0 aromatic heterocycles. The molecule has 2 aromatic rings. The van der Waals surface area contributed by atoms with Gasteiger partial charge in [-0.15, -0.1) is 13.2 Å². The van der Waals surface area contributed by atoms with Gasteiger partial charge in [0.15, 0.2) is 0 Å². The summed E-state index contributed by atoms with van der Waals surface area (Å²) in [5.74, 6) is -3.03. The van der Waals surface area contributed by atoms with E-state index in [0.29, 0.717) is 36.3 Å². The maximum atomic E-state index is 14.6. The van der Waals surface area contributed by atoms with Crippen LogP contribution in [0, 0.1) is 11.8 Å². The molecular formula is C38H47N3O9. The number of nitrogens with one attached hydrogen (secondary N) is 1. The van der Waals surface area contributed by atoms with E-state index in [0.717, 1.165) is 0 Å². The summed E-state index contributed by atoms with van der Waals surface area (Å²) in [6, 6.07) is 14.3. The van der Waals surface area contributed by atoms with Crippen LogP contribution in [0.3, 0.4) is 0 Å². The minimum atomic E-state index is -1.28. The number of hydrogen-bond acceptors (Lipinski definition) is 9. The van der Waals surface area contributed by atoms with Gasteiger partial charge in [-0.1, -0.05) is 42.5 Å². The minimum absolute atomic E-state index is 0.0551. The molecule has 50 heavy (non-hydrogen) atoms. The molecule has 0 unspecified atom stereocenters. The van der Waals surface area contributed by atoms with Crippen LogP contribution in [0.2, 0.25) is 0 Å². The van der Waals surface area contributed by atoms with Crippen molar-refractivity contribution in [1.82, 2.24) is 10.2 Å². The van der Waals surface area contributed by atoms with Gasteiger partial charge in [-0.3, -0.25) is 19.2 Å². The third-order valence-electron chi connectivity index (χ3n) is 9.83. The number of ether oxygens (including phenoxy) is 4. The van der Waals surface area contributed by atoms with Crippen LogP contribution in [0.15, 0.2) is 79.9 Å². The van der Waals surface area contributed by atoms with Gasteiger partial charge >= 0.3 is 5.97 Å². The molecule has 2 aromatic carbocycles. The summed E-state index contributed by atoms with van der Waals surface area (Å²) in [6.07, 6.45) is 3.42. The molecule has 3 saturated heterocycles. The molecule has 0 radical (unpaired) electrons. The van der Waals surface area contributed by atoms with E-state index < -0.39 is 53.6 Å². The van der Waals surface area contributed by atoms with E-state index in [2.05, 4.69) is 18.5 Å². The number of carbonyl (C=O) groups is 4. The summed E-state index contributed by atoms with van der Waals surface area (Å²) in [6.45, 7) is 7.66. The van der Waals surface area contributed by atoms with E-state index in [9.17, 15) is 24.3 Å². The number of likely N-dealkylation sites (tertiary alicyclic amines) is 1. The molecule has 5 rings (SSSR count). The number of hydrogen-bond donors (Lipinski definition) is 2. The lowest BCUT2D eigenvalue weighted by atomic mass is 9.70. The highest BCUT2D eigenvalue weighted by Crippen LogP contribution is 2.59. The van der Waals surface area contributed by atoms with Crippen molar-refractivity contribution in [3.63, 3.8) is 0 Å². The van der Waals surface area contributed by atoms with Gasteiger partial charge in [-0.05, 0) is 55.5 Å². The number of fused-ring (bicyclic) bond motifs is 1. The van der Waals surface area contributed by atoms with Crippen LogP contribution in [-0.2, 0) is 33.4 Å². The molecular weight excluding hydrogens is 642 g/mol. The molecule has 12 nitrogen and oxygen atoms in total. The first-order valence-electron chi connectivity index (χ1n) is 17.0. The standard InChI is InChI=1S/C38H47N3O9/c1-5-7-14-30(43)39-28(24-47-3)33(25-12-9-8-10-13-25)49-37(46)31-29-19-20-38(50-29)32(31)35(44)41(22-11-23-42)34(38)36(45)40(21-6-2)26-15-17-27(48-4)18-16-26/h5-6,8-10,12-13,15-18,28-29,31-34,42H,1-2,7,11,14,19-24H2,3-4H3,(H,39,43)/t28-,29-,31+,32+,33-,34-,38+/m1/s1. The van der Waals surface area contributed by atoms with Crippen LogP contribution in [0.5, 0.6) is 5.75 Å². The summed E-state index contributed by atoms with van der Waals surface area (Å²) in [5, 5.41) is 12.7. The predicted molar refractivity (Wildman–Crippen MR) is 185 cm³/mol. The molecule has 3 heterocycles. The molecule has 0 saturated carbocycles. The highest BCUT2D eigenvalue weighted by Gasteiger charge is 2.75. The number of aliphatic hydroxyl groups excluding tert-OH is 1. The average Bonchev–Trinajstić information content (AvgIpc) is 3.78. The number of aliphatic hydroxyl groups is 1. The Balaban J connectivity index is 1.48. The van der Waals surface area contributed by atoms with Gasteiger partial charge in [0.1, 0.15) is 23.5 Å². The fourth-order valence-corrected chi connectivity index (χ4v) is 7.67.